The van der Waals surface area contributed by atoms with Crippen LogP contribution in [-0.4, -0.2) is 18.8 Å². The molecular weight excluding hydrogens is 154 g/mol. The number of nitrogens with two attached hydrogens (primary N) is 1. The molecule has 0 saturated carbocycles. The number of hydrogen-bond donors (Lipinski definition) is 1. The van der Waals surface area contributed by atoms with Crippen molar-refractivity contribution in [3.8, 4) is 0 Å². The summed E-state index contributed by atoms with van der Waals surface area (Å²) in [4.78, 5) is 0. The molecule has 0 aromatic heterocycles. The maximum Gasteiger partial charge on any atom is 0.0343 e. The van der Waals surface area contributed by atoms with E-state index in [1.54, 1.807) is 0 Å². The second-order valence-corrected chi connectivity index (χ2v) is 3.82. The van der Waals surface area contributed by atoms with E-state index < -0.39 is 0 Å². The monoisotopic (exact) mass is 162 g/mol. The van der Waals surface area contributed by atoms with Crippen molar-refractivity contribution in [2.24, 2.45) is 0 Å². The highest BCUT2D eigenvalue weighted by Crippen LogP contribution is 2.09. The standard InChI is InChI=1S/C7H8NSi2/c8-7-4-2-1-3-6(7)5-10-9/h1-4H,5,8H2. The van der Waals surface area contributed by atoms with Crippen LogP contribution < -0.4 is 5.73 Å². The zero-order chi connectivity index (χ0) is 7.40. The lowest BCUT2D eigenvalue weighted by molar-refractivity contribution is 1.40. The average molecular weight is 162 g/mol. The first-order valence-electron chi connectivity index (χ1n) is 3.07. The number of benzene rings is 1. The van der Waals surface area contributed by atoms with Crippen molar-refractivity contribution in [3.63, 3.8) is 0 Å². The van der Waals surface area contributed by atoms with Crippen LogP contribution in [0.4, 0.5) is 5.69 Å². The highest BCUT2D eigenvalue weighted by Gasteiger charge is 1.93. The molecule has 0 unspecified atom stereocenters. The Kier molecular flexibility index (Phi) is 2.71. The van der Waals surface area contributed by atoms with Gasteiger partial charge in [-0.15, -0.1) is 0 Å². The van der Waals surface area contributed by atoms with Gasteiger partial charge in [-0.2, -0.15) is 0 Å². The highest BCUT2D eigenvalue weighted by atomic mass is 29.1. The Morgan fingerprint density at radius 1 is 1.40 bits per heavy atom. The van der Waals surface area contributed by atoms with Gasteiger partial charge in [0.25, 0.3) is 0 Å². The van der Waals surface area contributed by atoms with Crippen LogP contribution in [0.15, 0.2) is 24.3 Å². The molecule has 1 nitrogen and oxygen atoms in total. The van der Waals surface area contributed by atoms with E-state index in [4.69, 9.17) is 5.73 Å². The van der Waals surface area contributed by atoms with E-state index in [1.165, 1.54) is 5.56 Å². The number of nitrogen functional groups attached to an aromatic ring is 1. The molecule has 3 heteroatoms. The van der Waals surface area contributed by atoms with E-state index in [0.29, 0.717) is 0 Å². The lowest BCUT2D eigenvalue weighted by Gasteiger charge is -2.00. The molecule has 1 aromatic carbocycles. The normalized spacial score (nSPS) is 9.70. The zero-order valence-electron chi connectivity index (χ0n) is 5.59. The quantitative estimate of drug-likeness (QED) is 0.499. The number of rotatable bonds is 2. The molecule has 0 aliphatic heterocycles. The maximum absolute atomic E-state index is 5.69. The van der Waals surface area contributed by atoms with Gasteiger partial charge < -0.3 is 5.73 Å². The molecule has 1 aromatic rings. The minimum absolute atomic E-state index is 0.757. The summed E-state index contributed by atoms with van der Waals surface area (Å²) in [6.45, 7) is 0. The Labute approximate surface area is 66.7 Å². The second kappa shape index (κ2) is 3.58. The lowest BCUT2D eigenvalue weighted by atomic mass is 10.2. The van der Waals surface area contributed by atoms with Crippen molar-refractivity contribution in [2.75, 3.05) is 5.73 Å². The van der Waals surface area contributed by atoms with E-state index >= 15 is 0 Å². The van der Waals surface area contributed by atoms with Crippen molar-refractivity contribution in [1.82, 2.24) is 0 Å². The Morgan fingerprint density at radius 3 is 2.70 bits per heavy atom. The summed E-state index contributed by atoms with van der Waals surface area (Å²) in [6.07, 6.45) is 0. The fourth-order valence-corrected chi connectivity index (χ4v) is 1.87. The smallest absolute Gasteiger partial charge is 0.0343 e. The van der Waals surface area contributed by atoms with Gasteiger partial charge >= 0.3 is 0 Å². The van der Waals surface area contributed by atoms with Gasteiger partial charge in [-0.3, -0.25) is 0 Å². The summed E-state index contributed by atoms with van der Waals surface area (Å²) in [6, 6.07) is 8.99. The van der Waals surface area contributed by atoms with Crippen LogP contribution in [-0.2, 0) is 6.04 Å². The third-order valence-corrected chi connectivity index (χ3v) is 2.42. The van der Waals surface area contributed by atoms with Crippen LogP contribution in [0.25, 0.3) is 0 Å². The predicted octanol–water partition coefficient (Wildman–Crippen LogP) is 0.556. The van der Waals surface area contributed by atoms with Gasteiger partial charge in [-0.1, -0.05) is 18.2 Å². The lowest BCUT2D eigenvalue weighted by Crippen LogP contribution is -1.99. The Balaban J connectivity index is 2.81. The molecule has 0 aliphatic carbocycles. The van der Waals surface area contributed by atoms with Gasteiger partial charge in [0.05, 0.1) is 0 Å². The largest absolute Gasteiger partial charge is 0.399 e. The van der Waals surface area contributed by atoms with Gasteiger partial charge in [0, 0.05) is 24.5 Å². The summed E-state index contributed by atoms with van der Waals surface area (Å²) in [7, 11) is 4.19. The molecule has 0 aliphatic rings. The molecule has 0 fully saturated rings. The van der Waals surface area contributed by atoms with E-state index in [2.05, 4.69) is 15.8 Å². The molecule has 0 bridgehead atoms. The van der Waals surface area contributed by atoms with Crippen LogP contribution in [0, 0.1) is 0 Å². The molecule has 0 spiro atoms. The summed E-state index contributed by atoms with van der Waals surface area (Å²) in [5.74, 6) is 0. The van der Waals surface area contributed by atoms with Gasteiger partial charge in [-0.05, 0) is 17.7 Å². The van der Waals surface area contributed by atoms with Gasteiger partial charge in [0.1, 0.15) is 0 Å². The fraction of sp³-hybridized carbons (Fsp3) is 0.143. The Hall–Kier alpha value is -0.546. The number of para-hydroxylation sites is 1. The first-order valence-corrected chi connectivity index (χ1v) is 5.78. The van der Waals surface area contributed by atoms with Crippen LogP contribution in [0.3, 0.4) is 0 Å². The first-order chi connectivity index (χ1) is 4.84. The predicted molar refractivity (Wildman–Crippen MR) is 46.1 cm³/mol. The van der Waals surface area contributed by atoms with E-state index in [-0.39, 0.29) is 0 Å². The first kappa shape index (κ1) is 7.56. The molecule has 49 valence electrons. The zero-order valence-corrected chi connectivity index (χ0v) is 7.59. The molecule has 0 saturated heterocycles. The Morgan fingerprint density at radius 2 is 2.10 bits per heavy atom. The van der Waals surface area contributed by atoms with Crippen LogP contribution in [0.5, 0.6) is 0 Å². The van der Waals surface area contributed by atoms with Crippen molar-refractivity contribution in [3.05, 3.63) is 29.8 Å². The molecule has 0 amide bonds. The van der Waals surface area contributed by atoms with E-state index in [0.717, 1.165) is 20.8 Å². The second-order valence-electron chi connectivity index (χ2n) is 2.05. The summed E-state index contributed by atoms with van der Waals surface area (Å²) < 4.78 is 0. The molecule has 2 N–H and O–H groups in total. The van der Waals surface area contributed by atoms with Crippen LogP contribution >= 0.6 is 0 Å². The Bertz CT molecular complexity index is 213. The SMILES string of the molecule is Nc1ccccc1C[Si][Si]. The minimum Gasteiger partial charge on any atom is -0.399 e. The minimum atomic E-state index is 0.757. The number of hydrogen-bond acceptors (Lipinski definition) is 1. The molecule has 0 heterocycles. The van der Waals surface area contributed by atoms with E-state index in [9.17, 15) is 0 Å². The van der Waals surface area contributed by atoms with Crippen molar-refractivity contribution in [2.45, 2.75) is 6.04 Å². The van der Waals surface area contributed by atoms with E-state index in [1.807, 2.05) is 18.2 Å². The fourth-order valence-electron chi connectivity index (χ4n) is 0.790. The summed E-state index contributed by atoms with van der Waals surface area (Å²) in [5, 5.41) is 0. The molecule has 5 radical (unpaired) electrons. The molecule has 10 heavy (non-hydrogen) atoms. The molecular formula is C7H8NSi2. The number of anilines is 1. The van der Waals surface area contributed by atoms with Gasteiger partial charge in [0.15, 0.2) is 0 Å². The molecule has 1 rings (SSSR count). The van der Waals surface area contributed by atoms with Crippen LogP contribution in [0.1, 0.15) is 5.56 Å². The third-order valence-electron chi connectivity index (χ3n) is 1.33. The van der Waals surface area contributed by atoms with Crippen molar-refractivity contribution < 1.29 is 0 Å². The van der Waals surface area contributed by atoms with Crippen molar-refractivity contribution in [1.29, 1.82) is 0 Å². The maximum atomic E-state index is 5.69. The van der Waals surface area contributed by atoms with Gasteiger partial charge in [-0.25, -0.2) is 0 Å². The molecule has 0 atom stereocenters. The highest BCUT2D eigenvalue weighted by molar-refractivity contribution is 6.89. The third kappa shape index (κ3) is 1.72. The van der Waals surface area contributed by atoms with Crippen molar-refractivity contribution >= 4 is 24.5 Å². The average Bonchev–Trinajstić information content (AvgIpc) is 1.94. The van der Waals surface area contributed by atoms with Gasteiger partial charge in [0.2, 0.25) is 0 Å². The van der Waals surface area contributed by atoms with Crippen LogP contribution in [0.2, 0.25) is 0 Å². The summed E-state index contributed by atoms with van der Waals surface area (Å²) >= 11 is 0. The summed E-state index contributed by atoms with van der Waals surface area (Å²) in [5.41, 5.74) is 7.82. The topological polar surface area (TPSA) is 26.0 Å².